The van der Waals surface area contributed by atoms with Gasteiger partial charge in [0.05, 0.1) is 29.3 Å². The Balaban J connectivity index is 0.000000210. The topological polar surface area (TPSA) is 84.1 Å². The first kappa shape index (κ1) is 23.5. The highest BCUT2D eigenvalue weighted by molar-refractivity contribution is 5.72. The van der Waals surface area contributed by atoms with Crippen LogP contribution < -0.4 is 0 Å². The molecule has 1 unspecified atom stereocenters. The minimum absolute atomic E-state index is 0.153. The molecule has 0 bridgehead atoms. The number of aromatic nitrogens is 6. The summed E-state index contributed by atoms with van der Waals surface area (Å²) < 4.78 is 65.3. The molecule has 0 saturated heterocycles. The molecule has 0 aliphatic carbocycles. The van der Waals surface area contributed by atoms with Gasteiger partial charge >= 0.3 is 6.18 Å². The molecule has 1 aliphatic heterocycles. The molecular formula is C21H20F5N7O. The normalized spacial score (nSPS) is 16.4. The lowest BCUT2D eigenvalue weighted by molar-refractivity contribution is -0.142. The first-order valence-corrected chi connectivity index (χ1v) is 10.2. The van der Waals surface area contributed by atoms with Crippen LogP contribution in [0, 0.1) is 0 Å². The van der Waals surface area contributed by atoms with Crippen LogP contribution in [-0.2, 0) is 19.6 Å². The fourth-order valence-electron chi connectivity index (χ4n) is 3.86. The van der Waals surface area contributed by atoms with Crippen molar-refractivity contribution in [2.45, 2.75) is 25.1 Å². The van der Waals surface area contributed by atoms with Crippen LogP contribution in [0.3, 0.4) is 0 Å². The van der Waals surface area contributed by atoms with Crippen LogP contribution in [0.4, 0.5) is 22.0 Å². The number of nitrogens with one attached hydrogen (secondary N) is 1. The first-order valence-electron chi connectivity index (χ1n) is 10.2. The van der Waals surface area contributed by atoms with E-state index in [0.717, 1.165) is 45.7 Å². The molecule has 1 N–H and O–H groups in total. The molecule has 1 aliphatic rings. The fraction of sp³-hybridized carbons (Fsp3) is 0.333. The van der Waals surface area contributed by atoms with Crippen LogP contribution >= 0.6 is 0 Å². The minimum Gasteiger partial charge on any atom is -0.348 e. The Kier molecular flexibility index (Phi) is 6.21. The number of aldehydes is 1. The zero-order valence-electron chi connectivity index (χ0n) is 18.1. The summed E-state index contributed by atoms with van der Waals surface area (Å²) in [7, 11) is 3.37. The number of hydrogen-bond acceptors (Lipinski definition) is 5. The van der Waals surface area contributed by atoms with E-state index in [1.807, 2.05) is 7.05 Å². The number of carbonyl (C=O) groups is 1. The predicted molar refractivity (Wildman–Crippen MR) is 111 cm³/mol. The number of H-pyrrole nitrogens is 1. The standard InChI is InChI=1S/C15H14F3N5.C6H6F2N2O/c1-22-6-5-10-13(20-8-19-10)14(22)11-7-9-3-2-4-12(15(16,17)18)23(9)21-11;1-10-4(3-11)2-5(9-10)6(7)8/h2-4,7-8,14H,5-6H2,1H3,(H,19,20);2-3,6H,1H3. The van der Waals surface area contributed by atoms with Gasteiger partial charge in [-0.05, 0) is 31.3 Å². The van der Waals surface area contributed by atoms with E-state index < -0.39 is 18.3 Å². The summed E-state index contributed by atoms with van der Waals surface area (Å²) in [6.07, 6.45) is -4.12. The van der Waals surface area contributed by atoms with Crippen molar-refractivity contribution in [3.8, 4) is 0 Å². The van der Waals surface area contributed by atoms with E-state index in [9.17, 15) is 26.7 Å². The van der Waals surface area contributed by atoms with Crippen molar-refractivity contribution >= 4 is 11.8 Å². The Hall–Kier alpha value is -3.61. The van der Waals surface area contributed by atoms with Gasteiger partial charge in [-0.1, -0.05) is 6.07 Å². The monoisotopic (exact) mass is 481 g/mol. The number of pyridine rings is 1. The van der Waals surface area contributed by atoms with Gasteiger partial charge in [0.25, 0.3) is 6.43 Å². The zero-order valence-corrected chi connectivity index (χ0v) is 18.1. The Morgan fingerprint density at radius 2 is 1.94 bits per heavy atom. The van der Waals surface area contributed by atoms with Crippen molar-refractivity contribution in [3.63, 3.8) is 0 Å². The number of fused-ring (bicyclic) bond motifs is 2. The van der Waals surface area contributed by atoms with Gasteiger partial charge in [-0.3, -0.25) is 14.4 Å². The molecular weight excluding hydrogens is 461 g/mol. The molecule has 0 spiro atoms. The minimum atomic E-state index is -4.45. The maximum absolute atomic E-state index is 13.1. The highest BCUT2D eigenvalue weighted by atomic mass is 19.4. The molecule has 4 aromatic heterocycles. The predicted octanol–water partition coefficient (Wildman–Crippen LogP) is 3.82. The summed E-state index contributed by atoms with van der Waals surface area (Å²) in [6, 6.07) is 6.58. The molecule has 8 nitrogen and oxygen atoms in total. The molecule has 5 heterocycles. The van der Waals surface area contributed by atoms with Crippen molar-refractivity contribution in [2.75, 3.05) is 13.6 Å². The summed E-state index contributed by atoms with van der Waals surface area (Å²) in [4.78, 5) is 19.6. The van der Waals surface area contributed by atoms with E-state index in [0.29, 0.717) is 17.5 Å². The second-order valence-corrected chi connectivity index (χ2v) is 7.75. The summed E-state index contributed by atoms with van der Waals surface area (Å²) >= 11 is 0. The summed E-state index contributed by atoms with van der Waals surface area (Å²) in [6.45, 7) is 0.792. The van der Waals surface area contributed by atoms with E-state index >= 15 is 0 Å². The molecule has 13 heteroatoms. The Bertz CT molecular complexity index is 1310. The van der Waals surface area contributed by atoms with Crippen LogP contribution in [0.15, 0.2) is 36.7 Å². The van der Waals surface area contributed by atoms with Gasteiger partial charge in [0.2, 0.25) is 0 Å². The van der Waals surface area contributed by atoms with Crippen molar-refractivity contribution in [2.24, 2.45) is 7.05 Å². The average Bonchev–Trinajstić information content (AvgIpc) is 3.50. The molecule has 4 aromatic rings. The van der Waals surface area contributed by atoms with Crippen LogP contribution in [0.25, 0.3) is 5.52 Å². The number of alkyl halides is 5. The van der Waals surface area contributed by atoms with Crippen molar-refractivity contribution in [1.29, 1.82) is 0 Å². The Morgan fingerprint density at radius 1 is 1.18 bits per heavy atom. The number of rotatable bonds is 3. The molecule has 0 fully saturated rings. The summed E-state index contributed by atoms with van der Waals surface area (Å²) in [5.41, 5.74) is 1.84. The number of imidazole rings is 1. The van der Waals surface area contributed by atoms with Gasteiger partial charge in [0.1, 0.15) is 17.1 Å². The third kappa shape index (κ3) is 4.42. The number of halogens is 5. The lowest BCUT2D eigenvalue weighted by Crippen LogP contribution is -2.33. The van der Waals surface area contributed by atoms with Gasteiger partial charge in [-0.15, -0.1) is 0 Å². The van der Waals surface area contributed by atoms with Crippen LogP contribution in [0.2, 0.25) is 0 Å². The number of aryl methyl sites for hydroxylation is 1. The molecule has 0 aromatic carbocycles. The van der Waals surface area contributed by atoms with E-state index in [-0.39, 0.29) is 17.4 Å². The van der Waals surface area contributed by atoms with Gasteiger partial charge < -0.3 is 4.98 Å². The molecule has 0 radical (unpaired) electrons. The van der Waals surface area contributed by atoms with Gasteiger partial charge in [-0.2, -0.15) is 23.4 Å². The van der Waals surface area contributed by atoms with E-state index in [4.69, 9.17) is 0 Å². The summed E-state index contributed by atoms with van der Waals surface area (Å²) in [5, 5.41) is 7.65. The maximum atomic E-state index is 13.1. The zero-order chi connectivity index (χ0) is 24.6. The Labute approximate surface area is 190 Å². The molecule has 34 heavy (non-hydrogen) atoms. The number of likely N-dealkylation sites (N-methyl/N-ethyl adjacent to an activating group) is 1. The van der Waals surface area contributed by atoms with Crippen LogP contribution in [-0.4, -0.2) is 54.1 Å². The number of aromatic amines is 1. The fourth-order valence-corrected chi connectivity index (χ4v) is 3.86. The van der Waals surface area contributed by atoms with Crippen molar-refractivity contribution in [1.82, 2.24) is 34.3 Å². The van der Waals surface area contributed by atoms with Gasteiger partial charge in [-0.25, -0.2) is 18.3 Å². The number of hydrogen-bond donors (Lipinski definition) is 1. The third-order valence-corrected chi connectivity index (χ3v) is 5.52. The first-order chi connectivity index (χ1) is 16.1. The van der Waals surface area contributed by atoms with E-state index in [1.165, 1.54) is 13.1 Å². The second kappa shape index (κ2) is 8.97. The lowest BCUT2D eigenvalue weighted by atomic mass is 10.0. The molecule has 1 atom stereocenters. The third-order valence-electron chi connectivity index (χ3n) is 5.52. The Morgan fingerprint density at radius 3 is 2.56 bits per heavy atom. The highest BCUT2D eigenvalue weighted by Gasteiger charge is 2.35. The smallest absolute Gasteiger partial charge is 0.348 e. The van der Waals surface area contributed by atoms with Crippen molar-refractivity contribution in [3.05, 3.63) is 70.8 Å². The largest absolute Gasteiger partial charge is 0.433 e. The second-order valence-electron chi connectivity index (χ2n) is 7.75. The van der Waals surface area contributed by atoms with Crippen molar-refractivity contribution < 1.29 is 26.7 Å². The number of carbonyl (C=O) groups excluding carboxylic acids is 1. The summed E-state index contributed by atoms with van der Waals surface area (Å²) in [5.74, 6) is 0. The molecule has 180 valence electrons. The van der Waals surface area contributed by atoms with Gasteiger partial charge in [0.15, 0.2) is 6.29 Å². The van der Waals surface area contributed by atoms with Gasteiger partial charge in [0, 0.05) is 25.7 Å². The average molecular weight is 481 g/mol. The molecule has 5 rings (SSSR count). The lowest BCUT2D eigenvalue weighted by Gasteiger charge is -2.30. The SMILES string of the molecule is CN1CCc2[nH]cnc2C1c1cc2cccc(C(F)(F)F)n2n1.Cn1nc(C(F)F)cc1C=O. The van der Waals surface area contributed by atoms with Crippen LogP contribution in [0.5, 0.6) is 0 Å². The maximum Gasteiger partial charge on any atom is 0.433 e. The van der Waals surface area contributed by atoms with E-state index in [1.54, 1.807) is 18.5 Å². The quantitative estimate of drug-likeness (QED) is 0.355. The van der Waals surface area contributed by atoms with E-state index in [2.05, 4.69) is 25.1 Å². The molecule has 0 amide bonds. The number of nitrogens with zero attached hydrogens (tertiary/aromatic N) is 6. The highest BCUT2D eigenvalue weighted by Crippen LogP contribution is 2.34. The molecule has 0 saturated carbocycles. The van der Waals surface area contributed by atoms with Crippen LogP contribution in [0.1, 0.15) is 51.4 Å².